The first-order chi connectivity index (χ1) is 5.24. The molecular weight excluding hydrogens is 136 g/mol. The Balaban J connectivity index is 2.91. The Bertz CT molecular complexity index is 231. The van der Waals surface area contributed by atoms with Crippen LogP contribution in [0.3, 0.4) is 0 Å². The van der Waals surface area contributed by atoms with Crippen LogP contribution in [-0.4, -0.2) is 0 Å². The maximum Gasteiger partial charge on any atom is 0.206 e. The molecule has 1 unspecified atom stereocenters. The number of hydrogen-bond donors (Lipinski definition) is 1. The summed E-state index contributed by atoms with van der Waals surface area (Å²) >= 11 is 0. The number of nitrogens with zero attached hydrogens (tertiary/aromatic N) is 1. The van der Waals surface area contributed by atoms with E-state index < -0.39 is 0 Å². The van der Waals surface area contributed by atoms with E-state index in [4.69, 9.17) is 5.73 Å². The summed E-state index contributed by atoms with van der Waals surface area (Å²) in [5.74, 6) is 0. The second-order valence-electron chi connectivity index (χ2n) is 2.75. The predicted molar refractivity (Wildman–Crippen MR) is 44.9 cm³/mol. The van der Waals surface area contributed by atoms with Crippen molar-refractivity contribution in [2.24, 2.45) is 5.73 Å². The minimum atomic E-state index is 0.0708. The highest BCUT2D eigenvalue weighted by molar-refractivity contribution is 5.04. The van der Waals surface area contributed by atoms with E-state index in [1.807, 2.05) is 23.8 Å². The van der Waals surface area contributed by atoms with Crippen molar-refractivity contribution < 1.29 is 4.57 Å². The molecule has 0 bridgehead atoms. The maximum absolute atomic E-state index is 5.70. The number of pyridine rings is 1. The molecule has 0 spiro atoms. The van der Waals surface area contributed by atoms with Crippen LogP contribution in [0.1, 0.15) is 25.6 Å². The van der Waals surface area contributed by atoms with E-state index in [0.717, 1.165) is 6.42 Å². The molecule has 2 N–H and O–H groups in total. The Morgan fingerprint density at radius 3 is 2.91 bits per heavy atom. The standard InChI is InChI=1S/C9H15N2/c1-3-9-5-4-6-11(7-9)8(2)10/h4-8H,3,10H2,1-2H3/q+1. The summed E-state index contributed by atoms with van der Waals surface area (Å²) in [5, 5.41) is 0. The number of aromatic nitrogens is 1. The van der Waals surface area contributed by atoms with Gasteiger partial charge in [-0.05, 0) is 12.5 Å². The third-order valence-electron chi connectivity index (χ3n) is 1.76. The van der Waals surface area contributed by atoms with E-state index >= 15 is 0 Å². The SMILES string of the molecule is CCc1ccc[n+](C(C)N)c1. The quantitative estimate of drug-likeness (QED) is 0.628. The largest absolute Gasteiger partial charge is 0.273 e. The average molecular weight is 151 g/mol. The Morgan fingerprint density at radius 1 is 1.64 bits per heavy atom. The monoisotopic (exact) mass is 151 g/mol. The van der Waals surface area contributed by atoms with Gasteiger partial charge < -0.3 is 0 Å². The lowest BCUT2D eigenvalue weighted by molar-refractivity contribution is -0.719. The second-order valence-corrected chi connectivity index (χ2v) is 2.75. The van der Waals surface area contributed by atoms with Crippen LogP contribution in [0.25, 0.3) is 0 Å². The van der Waals surface area contributed by atoms with Gasteiger partial charge in [0.05, 0.1) is 0 Å². The van der Waals surface area contributed by atoms with Crippen LogP contribution in [0.15, 0.2) is 24.5 Å². The topological polar surface area (TPSA) is 29.9 Å². The van der Waals surface area contributed by atoms with Crippen molar-refractivity contribution in [1.29, 1.82) is 0 Å². The molecule has 1 aromatic rings. The van der Waals surface area contributed by atoms with Crippen LogP contribution in [-0.2, 0) is 6.42 Å². The molecule has 0 fully saturated rings. The van der Waals surface area contributed by atoms with Gasteiger partial charge in [-0.3, -0.25) is 5.73 Å². The van der Waals surface area contributed by atoms with Crippen molar-refractivity contribution in [2.75, 3.05) is 0 Å². The van der Waals surface area contributed by atoms with Crippen molar-refractivity contribution in [3.63, 3.8) is 0 Å². The molecular formula is C9H15N2+. The van der Waals surface area contributed by atoms with E-state index in [1.165, 1.54) is 5.56 Å². The molecule has 2 heteroatoms. The summed E-state index contributed by atoms with van der Waals surface area (Å²) in [4.78, 5) is 0. The van der Waals surface area contributed by atoms with Gasteiger partial charge in [0.1, 0.15) is 0 Å². The highest BCUT2D eigenvalue weighted by Crippen LogP contribution is 1.95. The minimum Gasteiger partial charge on any atom is -0.273 e. The third kappa shape index (κ3) is 2.02. The van der Waals surface area contributed by atoms with Gasteiger partial charge in [-0.1, -0.05) is 6.92 Å². The first-order valence-electron chi connectivity index (χ1n) is 3.99. The molecule has 0 saturated carbocycles. The second kappa shape index (κ2) is 3.49. The molecule has 11 heavy (non-hydrogen) atoms. The third-order valence-corrected chi connectivity index (χ3v) is 1.76. The number of hydrogen-bond acceptors (Lipinski definition) is 1. The molecule has 1 rings (SSSR count). The smallest absolute Gasteiger partial charge is 0.206 e. The van der Waals surface area contributed by atoms with Gasteiger partial charge in [0.2, 0.25) is 6.17 Å². The zero-order chi connectivity index (χ0) is 8.27. The fraction of sp³-hybridized carbons (Fsp3) is 0.444. The fourth-order valence-corrected chi connectivity index (χ4v) is 1.01. The van der Waals surface area contributed by atoms with Crippen molar-refractivity contribution in [3.8, 4) is 0 Å². The van der Waals surface area contributed by atoms with Crippen LogP contribution >= 0.6 is 0 Å². The van der Waals surface area contributed by atoms with Crippen LogP contribution in [0.4, 0.5) is 0 Å². The van der Waals surface area contributed by atoms with Crippen molar-refractivity contribution in [2.45, 2.75) is 26.4 Å². The summed E-state index contributed by atoms with van der Waals surface area (Å²) in [6.45, 7) is 4.11. The number of nitrogens with two attached hydrogens (primary N) is 1. The highest BCUT2D eigenvalue weighted by atomic mass is 15.1. The molecule has 0 aromatic carbocycles. The Morgan fingerprint density at radius 2 is 2.36 bits per heavy atom. The van der Waals surface area contributed by atoms with E-state index in [1.54, 1.807) is 0 Å². The van der Waals surface area contributed by atoms with E-state index in [9.17, 15) is 0 Å². The minimum absolute atomic E-state index is 0.0708. The molecule has 1 heterocycles. The summed E-state index contributed by atoms with van der Waals surface area (Å²) in [7, 11) is 0. The molecule has 0 radical (unpaired) electrons. The van der Waals surface area contributed by atoms with Crippen LogP contribution in [0.2, 0.25) is 0 Å². The lowest BCUT2D eigenvalue weighted by Crippen LogP contribution is -2.42. The van der Waals surface area contributed by atoms with Gasteiger partial charge in [-0.15, -0.1) is 0 Å². The first-order valence-corrected chi connectivity index (χ1v) is 3.99. The van der Waals surface area contributed by atoms with Gasteiger partial charge in [-0.2, -0.15) is 4.57 Å². The lowest BCUT2D eigenvalue weighted by atomic mass is 10.2. The first kappa shape index (κ1) is 8.21. The van der Waals surface area contributed by atoms with Gasteiger partial charge in [0, 0.05) is 18.6 Å². The molecule has 0 aliphatic carbocycles. The van der Waals surface area contributed by atoms with Gasteiger partial charge in [-0.25, -0.2) is 0 Å². The Labute approximate surface area is 67.7 Å². The van der Waals surface area contributed by atoms with Gasteiger partial charge >= 0.3 is 0 Å². The van der Waals surface area contributed by atoms with Crippen molar-refractivity contribution in [1.82, 2.24) is 0 Å². The average Bonchev–Trinajstić information content (AvgIpc) is 2.05. The fourth-order valence-electron chi connectivity index (χ4n) is 1.01. The van der Waals surface area contributed by atoms with Crippen LogP contribution in [0.5, 0.6) is 0 Å². The van der Waals surface area contributed by atoms with Gasteiger partial charge in [0.15, 0.2) is 12.4 Å². The maximum atomic E-state index is 5.70. The van der Waals surface area contributed by atoms with Crippen molar-refractivity contribution in [3.05, 3.63) is 30.1 Å². The summed E-state index contributed by atoms with van der Waals surface area (Å²) in [6, 6.07) is 4.14. The Kier molecular flexibility index (Phi) is 2.60. The van der Waals surface area contributed by atoms with Crippen LogP contribution in [0, 0.1) is 0 Å². The molecule has 0 aliphatic rings. The highest BCUT2D eigenvalue weighted by Gasteiger charge is 2.04. The lowest BCUT2D eigenvalue weighted by Gasteiger charge is -2.00. The zero-order valence-electron chi connectivity index (χ0n) is 7.12. The van der Waals surface area contributed by atoms with Crippen molar-refractivity contribution >= 4 is 0 Å². The number of rotatable bonds is 2. The van der Waals surface area contributed by atoms with E-state index in [0.29, 0.717) is 0 Å². The molecule has 0 amide bonds. The van der Waals surface area contributed by atoms with Crippen LogP contribution < -0.4 is 10.3 Å². The van der Waals surface area contributed by atoms with Gasteiger partial charge in [0.25, 0.3) is 0 Å². The summed E-state index contributed by atoms with van der Waals surface area (Å²) < 4.78 is 2.01. The zero-order valence-corrected chi connectivity index (χ0v) is 7.12. The molecule has 2 nitrogen and oxygen atoms in total. The number of aryl methyl sites for hydroxylation is 1. The molecule has 1 aromatic heterocycles. The molecule has 60 valence electrons. The normalized spacial score (nSPS) is 13.0. The van der Waals surface area contributed by atoms with E-state index in [-0.39, 0.29) is 6.17 Å². The summed E-state index contributed by atoms with van der Waals surface area (Å²) in [5.41, 5.74) is 7.02. The Hall–Kier alpha value is -0.890. The molecule has 0 saturated heterocycles. The van der Waals surface area contributed by atoms with E-state index in [2.05, 4.69) is 19.2 Å². The summed E-state index contributed by atoms with van der Waals surface area (Å²) in [6.07, 6.45) is 5.21. The molecule has 1 atom stereocenters. The predicted octanol–water partition coefficient (Wildman–Crippen LogP) is 1.01. The molecule has 0 aliphatic heterocycles.